The lowest BCUT2D eigenvalue weighted by atomic mass is 9.99. The van der Waals surface area contributed by atoms with Gasteiger partial charge in [0.15, 0.2) is 0 Å². The lowest BCUT2D eigenvalue weighted by Crippen LogP contribution is -2.63. The first-order chi connectivity index (χ1) is 5.47. The third-order valence-corrected chi connectivity index (χ3v) is 2.01. The van der Waals surface area contributed by atoms with Gasteiger partial charge in [0.05, 0.1) is 25.4 Å². The zero-order valence-electron chi connectivity index (χ0n) is 8.02. The SMILES string of the molecule is CNC1(COC(C)(C)N)COC1. The van der Waals surface area contributed by atoms with Crippen LogP contribution in [0.2, 0.25) is 0 Å². The molecule has 1 aliphatic rings. The van der Waals surface area contributed by atoms with E-state index in [2.05, 4.69) is 5.32 Å². The van der Waals surface area contributed by atoms with Crippen molar-refractivity contribution in [2.45, 2.75) is 25.1 Å². The number of ether oxygens (including phenoxy) is 2. The van der Waals surface area contributed by atoms with Crippen LogP contribution in [0, 0.1) is 0 Å². The van der Waals surface area contributed by atoms with Gasteiger partial charge in [-0.05, 0) is 20.9 Å². The van der Waals surface area contributed by atoms with E-state index >= 15 is 0 Å². The largest absolute Gasteiger partial charge is 0.377 e. The number of nitrogens with one attached hydrogen (secondary N) is 1. The van der Waals surface area contributed by atoms with E-state index in [-0.39, 0.29) is 5.54 Å². The second kappa shape index (κ2) is 3.30. The molecule has 1 heterocycles. The molecule has 0 aromatic heterocycles. The van der Waals surface area contributed by atoms with Crippen molar-refractivity contribution >= 4 is 0 Å². The van der Waals surface area contributed by atoms with Crippen LogP contribution in [0.3, 0.4) is 0 Å². The van der Waals surface area contributed by atoms with Gasteiger partial charge in [-0.15, -0.1) is 0 Å². The molecular weight excluding hydrogens is 156 g/mol. The Morgan fingerprint density at radius 3 is 2.42 bits per heavy atom. The fraction of sp³-hybridized carbons (Fsp3) is 1.00. The van der Waals surface area contributed by atoms with Crippen LogP contribution >= 0.6 is 0 Å². The molecule has 0 unspecified atom stereocenters. The first-order valence-corrected chi connectivity index (χ1v) is 4.17. The standard InChI is InChI=1S/C8H18N2O2/c1-7(2,9)12-6-8(10-3)4-11-5-8/h10H,4-6,9H2,1-3H3. The smallest absolute Gasteiger partial charge is 0.111 e. The Hall–Kier alpha value is -0.160. The molecule has 0 atom stereocenters. The fourth-order valence-electron chi connectivity index (χ4n) is 0.972. The van der Waals surface area contributed by atoms with Crippen LogP contribution in [0.5, 0.6) is 0 Å². The Morgan fingerprint density at radius 1 is 1.58 bits per heavy atom. The number of likely N-dealkylation sites (N-methyl/N-ethyl adjacent to an activating group) is 1. The summed E-state index contributed by atoms with van der Waals surface area (Å²) >= 11 is 0. The first-order valence-electron chi connectivity index (χ1n) is 4.17. The summed E-state index contributed by atoms with van der Waals surface area (Å²) < 4.78 is 10.6. The summed E-state index contributed by atoms with van der Waals surface area (Å²) in [5.74, 6) is 0. The van der Waals surface area contributed by atoms with E-state index in [9.17, 15) is 0 Å². The topological polar surface area (TPSA) is 56.5 Å². The van der Waals surface area contributed by atoms with Gasteiger partial charge in [-0.1, -0.05) is 0 Å². The summed E-state index contributed by atoms with van der Waals surface area (Å²) in [6, 6.07) is 0. The molecule has 4 heteroatoms. The third kappa shape index (κ3) is 2.42. The van der Waals surface area contributed by atoms with Gasteiger partial charge in [0.25, 0.3) is 0 Å². The van der Waals surface area contributed by atoms with E-state index < -0.39 is 5.72 Å². The van der Waals surface area contributed by atoms with E-state index in [1.165, 1.54) is 0 Å². The molecule has 0 aromatic rings. The van der Waals surface area contributed by atoms with E-state index in [1.807, 2.05) is 20.9 Å². The molecule has 0 saturated carbocycles. The van der Waals surface area contributed by atoms with Gasteiger partial charge in [0.2, 0.25) is 0 Å². The minimum atomic E-state index is -0.556. The predicted molar refractivity (Wildman–Crippen MR) is 46.8 cm³/mol. The van der Waals surface area contributed by atoms with Crippen molar-refractivity contribution in [2.75, 3.05) is 26.9 Å². The minimum absolute atomic E-state index is 0.00333. The molecule has 1 aliphatic heterocycles. The highest BCUT2D eigenvalue weighted by Crippen LogP contribution is 2.18. The summed E-state index contributed by atoms with van der Waals surface area (Å²) in [6.07, 6.45) is 0. The third-order valence-electron chi connectivity index (χ3n) is 2.01. The van der Waals surface area contributed by atoms with Gasteiger partial charge in [0, 0.05) is 0 Å². The maximum atomic E-state index is 5.69. The summed E-state index contributed by atoms with van der Waals surface area (Å²) in [5.41, 5.74) is 5.13. The normalized spacial score (nSPS) is 22.0. The number of hydrogen-bond donors (Lipinski definition) is 2. The van der Waals surface area contributed by atoms with Crippen molar-refractivity contribution in [1.82, 2.24) is 5.32 Å². The molecule has 0 aliphatic carbocycles. The molecule has 0 radical (unpaired) electrons. The van der Waals surface area contributed by atoms with Crippen LogP contribution in [0.1, 0.15) is 13.8 Å². The van der Waals surface area contributed by atoms with Crippen molar-refractivity contribution in [3.05, 3.63) is 0 Å². The Kier molecular flexibility index (Phi) is 2.73. The fourth-order valence-corrected chi connectivity index (χ4v) is 0.972. The lowest BCUT2D eigenvalue weighted by molar-refractivity contribution is -0.136. The highest BCUT2D eigenvalue weighted by molar-refractivity contribution is 4.93. The summed E-state index contributed by atoms with van der Waals surface area (Å²) in [5, 5.41) is 3.18. The zero-order chi connectivity index (χ0) is 9.24. The van der Waals surface area contributed by atoms with Gasteiger partial charge in [-0.25, -0.2) is 0 Å². The van der Waals surface area contributed by atoms with Crippen molar-refractivity contribution < 1.29 is 9.47 Å². The summed E-state index contributed by atoms with van der Waals surface area (Å²) in [4.78, 5) is 0. The van der Waals surface area contributed by atoms with Crippen LogP contribution in [-0.4, -0.2) is 38.1 Å². The highest BCUT2D eigenvalue weighted by Gasteiger charge is 2.38. The quantitative estimate of drug-likeness (QED) is 0.574. The van der Waals surface area contributed by atoms with Crippen LogP contribution in [-0.2, 0) is 9.47 Å². The van der Waals surface area contributed by atoms with Crippen molar-refractivity contribution in [2.24, 2.45) is 5.73 Å². The molecule has 1 fully saturated rings. The van der Waals surface area contributed by atoms with Crippen LogP contribution in [0.15, 0.2) is 0 Å². The van der Waals surface area contributed by atoms with E-state index in [4.69, 9.17) is 15.2 Å². The Bertz CT molecular complexity index is 144. The number of hydrogen-bond acceptors (Lipinski definition) is 4. The maximum absolute atomic E-state index is 5.69. The average molecular weight is 174 g/mol. The van der Waals surface area contributed by atoms with Crippen molar-refractivity contribution in [3.8, 4) is 0 Å². The molecule has 3 N–H and O–H groups in total. The molecule has 1 saturated heterocycles. The van der Waals surface area contributed by atoms with E-state index in [1.54, 1.807) is 0 Å². The van der Waals surface area contributed by atoms with Crippen LogP contribution in [0.25, 0.3) is 0 Å². The predicted octanol–water partition coefficient (Wildman–Crippen LogP) is -0.314. The molecule has 12 heavy (non-hydrogen) atoms. The van der Waals surface area contributed by atoms with Crippen molar-refractivity contribution in [3.63, 3.8) is 0 Å². The molecule has 1 rings (SSSR count). The zero-order valence-corrected chi connectivity index (χ0v) is 8.02. The Balaban J connectivity index is 2.30. The molecule has 0 bridgehead atoms. The Morgan fingerprint density at radius 2 is 2.17 bits per heavy atom. The molecule has 72 valence electrons. The highest BCUT2D eigenvalue weighted by atomic mass is 16.5. The van der Waals surface area contributed by atoms with Gasteiger partial charge < -0.3 is 20.5 Å². The second-order valence-corrected chi connectivity index (χ2v) is 3.92. The van der Waals surface area contributed by atoms with E-state index in [0.29, 0.717) is 19.8 Å². The van der Waals surface area contributed by atoms with Gasteiger partial charge in [0.1, 0.15) is 5.72 Å². The molecule has 0 amide bonds. The molecular formula is C8H18N2O2. The monoisotopic (exact) mass is 174 g/mol. The first kappa shape index (κ1) is 9.92. The molecule has 0 aromatic carbocycles. The van der Waals surface area contributed by atoms with Crippen molar-refractivity contribution in [1.29, 1.82) is 0 Å². The van der Waals surface area contributed by atoms with Gasteiger partial charge >= 0.3 is 0 Å². The summed E-state index contributed by atoms with van der Waals surface area (Å²) in [7, 11) is 1.91. The molecule has 0 spiro atoms. The minimum Gasteiger partial charge on any atom is -0.377 e. The van der Waals surface area contributed by atoms with Gasteiger partial charge in [-0.3, -0.25) is 0 Å². The summed E-state index contributed by atoms with van der Waals surface area (Å²) in [6.45, 7) is 5.71. The average Bonchev–Trinajstić information content (AvgIpc) is 1.84. The van der Waals surface area contributed by atoms with E-state index in [0.717, 1.165) is 0 Å². The maximum Gasteiger partial charge on any atom is 0.111 e. The van der Waals surface area contributed by atoms with Gasteiger partial charge in [-0.2, -0.15) is 0 Å². The van der Waals surface area contributed by atoms with Crippen LogP contribution in [0.4, 0.5) is 0 Å². The number of nitrogens with two attached hydrogens (primary N) is 1. The van der Waals surface area contributed by atoms with Crippen LogP contribution < -0.4 is 11.1 Å². The number of rotatable bonds is 4. The second-order valence-electron chi connectivity index (χ2n) is 3.92. The Labute approximate surface area is 73.4 Å². The molecule has 4 nitrogen and oxygen atoms in total. The lowest BCUT2D eigenvalue weighted by Gasteiger charge is -2.42.